The number of nitrogens with one attached hydrogen (secondary N) is 1. The molecule has 2 bridgehead atoms. The van der Waals surface area contributed by atoms with Crippen LogP contribution in [0.5, 0.6) is 0 Å². The van der Waals surface area contributed by atoms with Gasteiger partial charge in [-0.05, 0) is 55.2 Å². The third-order valence-electron chi connectivity index (χ3n) is 4.75. The summed E-state index contributed by atoms with van der Waals surface area (Å²) in [4.78, 5) is 0. The lowest BCUT2D eigenvalue weighted by atomic mass is 9.68. The van der Waals surface area contributed by atoms with E-state index in [-0.39, 0.29) is 0 Å². The van der Waals surface area contributed by atoms with E-state index in [4.69, 9.17) is 0 Å². The van der Waals surface area contributed by atoms with Crippen molar-refractivity contribution in [1.29, 1.82) is 0 Å². The quantitative estimate of drug-likeness (QED) is 0.866. The second kappa shape index (κ2) is 5.75. The van der Waals surface area contributed by atoms with Gasteiger partial charge in [0, 0.05) is 17.1 Å². The lowest BCUT2D eigenvalue weighted by Crippen LogP contribution is -2.46. The first-order valence-corrected chi connectivity index (χ1v) is 8.10. The number of rotatable bonds is 3. The lowest BCUT2D eigenvalue weighted by Gasteiger charge is -2.43. The Kier molecular flexibility index (Phi) is 4.05. The molecule has 0 aromatic heterocycles. The van der Waals surface area contributed by atoms with E-state index in [1.54, 1.807) is 0 Å². The Bertz CT molecular complexity index is 382. The van der Waals surface area contributed by atoms with Crippen LogP contribution in [0.15, 0.2) is 28.7 Å². The summed E-state index contributed by atoms with van der Waals surface area (Å²) in [6.07, 6.45) is 8.73. The Hall–Kier alpha value is -0.340. The minimum Gasteiger partial charge on any atom is -0.309 e. The SMILES string of the molecule is Brc1cccc(CNC2[C@H]3CCC[C@H]2CCC3)c1. The minimum absolute atomic E-state index is 0.784. The second-order valence-corrected chi connectivity index (χ2v) is 6.83. The van der Waals surface area contributed by atoms with E-state index < -0.39 is 0 Å². The van der Waals surface area contributed by atoms with Gasteiger partial charge in [0.2, 0.25) is 0 Å². The molecule has 2 heteroatoms. The molecule has 2 saturated carbocycles. The highest BCUT2D eigenvalue weighted by atomic mass is 79.9. The molecule has 2 aliphatic carbocycles. The van der Waals surface area contributed by atoms with Gasteiger partial charge in [-0.1, -0.05) is 40.9 Å². The van der Waals surface area contributed by atoms with E-state index in [0.717, 1.165) is 24.4 Å². The van der Waals surface area contributed by atoms with Crippen LogP contribution < -0.4 is 5.32 Å². The van der Waals surface area contributed by atoms with Crippen LogP contribution in [-0.2, 0) is 6.54 Å². The number of fused-ring (bicyclic) bond motifs is 2. The van der Waals surface area contributed by atoms with Crippen LogP contribution in [0.1, 0.15) is 44.1 Å². The molecule has 98 valence electrons. The Morgan fingerprint density at radius 2 is 1.72 bits per heavy atom. The van der Waals surface area contributed by atoms with Crippen molar-refractivity contribution in [2.45, 2.75) is 51.1 Å². The molecule has 3 rings (SSSR count). The van der Waals surface area contributed by atoms with E-state index in [2.05, 4.69) is 45.5 Å². The molecule has 18 heavy (non-hydrogen) atoms. The zero-order valence-corrected chi connectivity index (χ0v) is 12.5. The van der Waals surface area contributed by atoms with Gasteiger partial charge in [-0.3, -0.25) is 0 Å². The highest BCUT2D eigenvalue weighted by molar-refractivity contribution is 9.10. The maximum atomic E-state index is 3.85. The molecule has 2 fully saturated rings. The van der Waals surface area contributed by atoms with Crippen molar-refractivity contribution >= 4 is 15.9 Å². The lowest BCUT2D eigenvalue weighted by molar-refractivity contribution is 0.122. The Labute approximate surface area is 118 Å². The number of halogens is 1. The van der Waals surface area contributed by atoms with Gasteiger partial charge in [0.05, 0.1) is 0 Å². The van der Waals surface area contributed by atoms with Crippen molar-refractivity contribution in [3.05, 3.63) is 34.3 Å². The molecule has 0 amide bonds. The van der Waals surface area contributed by atoms with Crippen LogP contribution in [0.4, 0.5) is 0 Å². The summed E-state index contributed by atoms with van der Waals surface area (Å²) in [6.45, 7) is 1.02. The molecule has 0 heterocycles. The summed E-state index contributed by atoms with van der Waals surface area (Å²) in [5, 5.41) is 3.85. The maximum Gasteiger partial charge on any atom is 0.0208 e. The molecule has 1 nitrogen and oxygen atoms in total. The van der Waals surface area contributed by atoms with Gasteiger partial charge in [0.15, 0.2) is 0 Å². The van der Waals surface area contributed by atoms with E-state index in [1.165, 1.54) is 48.6 Å². The van der Waals surface area contributed by atoms with Crippen LogP contribution >= 0.6 is 15.9 Å². The summed E-state index contributed by atoms with van der Waals surface area (Å²) < 4.78 is 1.19. The summed E-state index contributed by atoms with van der Waals surface area (Å²) in [6, 6.07) is 9.45. The molecule has 0 atom stereocenters. The van der Waals surface area contributed by atoms with Crippen molar-refractivity contribution in [2.24, 2.45) is 11.8 Å². The largest absolute Gasteiger partial charge is 0.309 e. The van der Waals surface area contributed by atoms with Crippen molar-refractivity contribution < 1.29 is 0 Å². The number of hydrogen-bond acceptors (Lipinski definition) is 1. The average molecular weight is 308 g/mol. The fraction of sp³-hybridized carbons (Fsp3) is 0.625. The molecular formula is C16H22BrN. The third kappa shape index (κ3) is 2.80. The average Bonchev–Trinajstić information content (AvgIpc) is 2.36. The van der Waals surface area contributed by atoms with Gasteiger partial charge in [-0.2, -0.15) is 0 Å². The van der Waals surface area contributed by atoms with Crippen molar-refractivity contribution in [1.82, 2.24) is 5.32 Å². The Morgan fingerprint density at radius 3 is 2.33 bits per heavy atom. The van der Waals surface area contributed by atoms with Gasteiger partial charge in [0.1, 0.15) is 0 Å². The van der Waals surface area contributed by atoms with Crippen molar-refractivity contribution in [2.75, 3.05) is 0 Å². The highest BCUT2D eigenvalue weighted by Gasteiger charge is 2.35. The standard InChI is InChI=1S/C16H22BrN/c17-15-9-1-4-12(10-15)11-18-16-13-5-2-6-14(16)8-3-7-13/h1,4,9-10,13-14,16,18H,2-3,5-8,11H2/t13-,14-. The number of hydrogen-bond donors (Lipinski definition) is 1. The monoisotopic (exact) mass is 307 g/mol. The molecule has 1 aromatic rings. The normalized spacial score (nSPS) is 31.3. The molecular weight excluding hydrogens is 286 g/mol. The molecule has 2 aliphatic rings. The summed E-state index contributed by atoms with van der Waals surface area (Å²) in [5.74, 6) is 1.90. The molecule has 0 radical (unpaired) electrons. The van der Waals surface area contributed by atoms with Crippen LogP contribution in [0, 0.1) is 11.8 Å². The van der Waals surface area contributed by atoms with Gasteiger partial charge in [-0.15, -0.1) is 0 Å². The van der Waals surface area contributed by atoms with Gasteiger partial charge >= 0.3 is 0 Å². The fourth-order valence-corrected chi connectivity index (χ4v) is 4.34. The van der Waals surface area contributed by atoms with Crippen molar-refractivity contribution in [3.63, 3.8) is 0 Å². The molecule has 0 saturated heterocycles. The molecule has 0 spiro atoms. The Morgan fingerprint density at radius 1 is 1.06 bits per heavy atom. The van der Waals surface area contributed by atoms with Crippen LogP contribution in [0.2, 0.25) is 0 Å². The minimum atomic E-state index is 0.784. The first kappa shape index (κ1) is 12.7. The Balaban J connectivity index is 1.62. The maximum absolute atomic E-state index is 3.85. The van der Waals surface area contributed by atoms with E-state index in [1.807, 2.05) is 0 Å². The fourth-order valence-electron chi connectivity index (χ4n) is 3.89. The van der Waals surface area contributed by atoms with Gasteiger partial charge in [0.25, 0.3) is 0 Å². The molecule has 0 unspecified atom stereocenters. The topological polar surface area (TPSA) is 12.0 Å². The summed E-state index contributed by atoms with van der Waals surface area (Å²) in [5.41, 5.74) is 1.40. The van der Waals surface area contributed by atoms with E-state index in [0.29, 0.717) is 0 Å². The van der Waals surface area contributed by atoms with Gasteiger partial charge in [-0.25, -0.2) is 0 Å². The number of benzene rings is 1. The predicted molar refractivity (Wildman–Crippen MR) is 79.5 cm³/mol. The van der Waals surface area contributed by atoms with Crippen LogP contribution in [-0.4, -0.2) is 6.04 Å². The third-order valence-corrected chi connectivity index (χ3v) is 5.24. The van der Waals surface area contributed by atoms with E-state index in [9.17, 15) is 0 Å². The molecule has 1 N–H and O–H groups in total. The zero-order valence-electron chi connectivity index (χ0n) is 10.9. The second-order valence-electron chi connectivity index (χ2n) is 5.92. The molecule has 1 aromatic carbocycles. The van der Waals surface area contributed by atoms with Gasteiger partial charge < -0.3 is 5.32 Å². The summed E-state index contributed by atoms with van der Waals surface area (Å²) >= 11 is 3.55. The first-order chi connectivity index (χ1) is 8.83. The predicted octanol–water partition coefficient (Wildman–Crippen LogP) is 4.51. The highest BCUT2D eigenvalue weighted by Crippen LogP contribution is 2.40. The zero-order chi connectivity index (χ0) is 12.4. The smallest absolute Gasteiger partial charge is 0.0208 e. The van der Waals surface area contributed by atoms with E-state index >= 15 is 0 Å². The summed E-state index contributed by atoms with van der Waals surface area (Å²) in [7, 11) is 0. The van der Waals surface area contributed by atoms with Crippen LogP contribution in [0.25, 0.3) is 0 Å². The van der Waals surface area contributed by atoms with Crippen LogP contribution in [0.3, 0.4) is 0 Å². The van der Waals surface area contributed by atoms with Crippen molar-refractivity contribution in [3.8, 4) is 0 Å². The molecule has 0 aliphatic heterocycles. The first-order valence-electron chi connectivity index (χ1n) is 7.31.